The van der Waals surface area contributed by atoms with Crippen LogP contribution in [0.5, 0.6) is 0 Å². The number of carbonyl (C=O) groups excluding carboxylic acids is 5. The highest BCUT2D eigenvalue weighted by Crippen LogP contribution is 2.21. The largest absolute Gasteiger partial charge is 0.370 e. The molecule has 272 valence electrons. The lowest BCUT2D eigenvalue weighted by Gasteiger charge is -2.39. The number of Topliss-reactive ketones (excluding diaryl/α,β-unsaturated/α-hetero) is 1. The molecule has 14 heteroatoms. The summed E-state index contributed by atoms with van der Waals surface area (Å²) in [6, 6.07) is 14.5. The van der Waals surface area contributed by atoms with Crippen LogP contribution in [0, 0.1) is 11.3 Å². The van der Waals surface area contributed by atoms with Gasteiger partial charge in [0, 0.05) is 26.1 Å². The number of guanidine groups is 1. The number of carbonyl (C=O) groups is 5. The smallest absolute Gasteiger partial charge is 0.245 e. The van der Waals surface area contributed by atoms with Crippen molar-refractivity contribution >= 4 is 35.4 Å². The van der Waals surface area contributed by atoms with E-state index in [4.69, 9.17) is 22.6 Å². The van der Waals surface area contributed by atoms with Crippen LogP contribution >= 0.6 is 0 Å². The molecule has 1 fully saturated rings. The van der Waals surface area contributed by atoms with E-state index in [9.17, 15) is 24.0 Å². The number of nitrogens with two attached hydrogens (primary N) is 3. The van der Waals surface area contributed by atoms with E-state index in [0.29, 0.717) is 0 Å². The number of nitrogens with zero attached hydrogens (tertiary/aromatic N) is 1. The second-order valence-electron chi connectivity index (χ2n) is 13.5. The lowest BCUT2D eigenvalue weighted by atomic mass is 9.85. The Morgan fingerprint density at radius 3 is 1.82 bits per heavy atom. The van der Waals surface area contributed by atoms with E-state index in [1.165, 1.54) is 6.92 Å². The zero-order chi connectivity index (χ0) is 36.8. The highest BCUT2D eigenvalue weighted by atomic mass is 16.2. The molecule has 1 heterocycles. The summed E-state index contributed by atoms with van der Waals surface area (Å²) in [5, 5.41) is 18.6. The SMILES string of the molecule is CC(=O)C1(N)CCN(C(=O)[C@@H](CCNC(=N)N)NC(=O)[C@@H](CC(C)C)NC(=O)[C@@H](Cc2ccccc2)NC(=O)[C@H](N)Cc2ccccc2)CC1. The van der Waals surface area contributed by atoms with Gasteiger partial charge in [0.05, 0.1) is 11.6 Å². The van der Waals surface area contributed by atoms with E-state index in [0.717, 1.165) is 11.1 Å². The van der Waals surface area contributed by atoms with Crippen LogP contribution in [0.25, 0.3) is 0 Å². The summed E-state index contributed by atoms with van der Waals surface area (Å²) in [5.74, 6) is -2.48. The van der Waals surface area contributed by atoms with E-state index in [-0.39, 0.29) is 81.7 Å². The zero-order valence-corrected chi connectivity index (χ0v) is 29.2. The van der Waals surface area contributed by atoms with Crippen LogP contribution in [-0.4, -0.2) is 89.6 Å². The van der Waals surface area contributed by atoms with Gasteiger partial charge in [0.25, 0.3) is 0 Å². The quantitative estimate of drug-likeness (QED) is 0.0827. The topological polar surface area (TPSA) is 239 Å². The molecular weight excluding hydrogens is 638 g/mol. The van der Waals surface area contributed by atoms with Crippen LogP contribution in [0.3, 0.4) is 0 Å². The van der Waals surface area contributed by atoms with Crippen molar-refractivity contribution in [3.05, 3.63) is 71.8 Å². The van der Waals surface area contributed by atoms with Crippen molar-refractivity contribution in [2.75, 3.05) is 19.6 Å². The van der Waals surface area contributed by atoms with Crippen LogP contribution in [0.2, 0.25) is 0 Å². The third-order valence-electron chi connectivity index (χ3n) is 8.92. The molecule has 0 bridgehead atoms. The monoisotopic (exact) mass is 691 g/mol. The van der Waals surface area contributed by atoms with Gasteiger partial charge in [0.2, 0.25) is 23.6 Å². The Morgan fingerprint density at radius 2 is 1.30 bits per heavy atom. The van der Waals surface area contributed by atoms with Gasteiger partial charge in [-0.2, -0.15) is 0 Å². The van der Waals surface area contributed by atoms with Crippen LogP contribution in [0.15, 0.2) is 60.7 Å². The number of nitrogens with one attached hydrogen (secondary N) is 5. The molecule has 2 aromatic carbocycles. The van der Waals surface area contributed by atoms with Crippen LogP contribution in [0.4, 0.5) is 0 Å². The van der Waals surface area contributed by atoms with Crippen LogP contribution in [-0.2, 0) is 36.8 Å². The molecule has 0 spiro atoms. The number of hydrogen-bond acceptors (Lipinski definition) is 8. The number of likely N-dealkylation sites (tertiary alicyclic amines) is 1. The fraction of sp³-hybridized carbons (Fsp3) is 0.500. The van der Waals surface area contributed by atoms with E-state index < -0.39 is 47.4 Å². The van der Waals surface area contributed by atoms with Crippen molar-refractivity contribution in [1.82, 2.24) is 26.2 Å². The lowest BCUT2D eigenvalue weighted by Crippen LogP contribution is -2.61. The van der Waals surface area contributed by atoms with Gasteiger partial charge in [-0.05, 0) is 56.1 Å². The first kappa shape index (κ1) is 39.6. The van der Waals surface area contributed by atoms with Gasteiger partial charge >= 0.3 is 0 Å². The van der Waals surface area contributed by atoms with Crippen molar-refractivity contribution < 1.29 is 24.0 Å². The van der Waals surface area contributed by atoms with E-state index in [1.807, 2.05) is 74.5 Å². The van der Waals surface area contributed by atoms with Gasteiger partial charge < -0.3 is 43.4 Å². The van der Waals surface area contributed by atoms with Gasteiger partial charge in [0.15, 0.2) is 5.96 Å². The van der Waals surface area contributed by atoms with Crippen molar-refractivity contribution in [3.63, 3.8) is 0 Å². The van der Waals surface area contributed by atoms with Gasteiger partial charge in [-0.1, -0.05) is 74.5 Å². The fourth-order valence-electron chi connectivity index (χ4n) is 5.85. The van der Waals surface area contributed by atoms with Gasteiger partial charge in [-0.3, -0.25) is 29.4 Å². The molecule has 1 aliphatic heterocycles. The Kier molecular flexibility index (Phi) is 14.9. The summed E-state index contributed by atoms with van der Waals surface area (Å²) in [4.78, 5) is 68.3. The average Bonchev–Trinajstić information content (AvgIpc) is 3.07. The molecule has 4 amide bonds. The Hall–Kier alpha value is -4.82. The molecule has 0 saturated carbocycles. The Bertz CT molecular complexity index is 1460. The zero-order valence-electron chi connectivity index (χ0n) is 29.2. The van der Waals surface area contributed by atoms with Crippen molar-refractivity contribution in [2.24, 2.45) is 23.1 Å². The maximum Gasteiger partial charge on any atom is 0.245 e. The highest BCUT2D eigenvalue weighted by Gasteiger charge is 2.38. The second kappa shape index (κ2) is 18.8. The summed E-state index contributed by atoms with van der Waals surface area (Å²) in [6.45, 7) is 5.84. The van der Waals surface area contributed by atoms with E-state index in [2.05, 4.69) is 21.3 Å². The minimum Gasteiger partial charge on any atom is -0.370 e. The fourth-order valence-corrected chi connectivity index (χ4v) is 5.85. The molecule has 0 aromatic heterocycles. The van der Waals surface area contributed by atoms with Crippen molar-refractivity contribution in [3.8, 4) is 0 Å². The number of hydrogen-bond donors (Lipinski definition) is 8. The molecule has 2 aromatic rings. The van der Waals surface area contributed by atoms with Crippen molar-refractivity contribution in [2.45, 2.75) is 89.0 Å². The maximum atomic E-state index is 13.9. The minimum absolute atomic E-state index is 0.0209. The first-order valence-corrected chi connectivity index (χ1v) is 17.1. The molecule has 1 aliphatic rings. The highest BCUT2D eigenvalue weighted by molar-refractivity contribution is 5.95. The van der Waals surface area contributed by atoms with Gasteiger partial charge in [-0.25, -0.2) is 0 Å². The first-order valence-electron chi connectivity index (χ1n) is 17.1. The number of ketones is 1. The number of rotatable bonds is 17. The molecule has 50 heavy (non-hydrogen) atoms. The number of benzene rings is 2. The minimum atomic E-state index is -1.04. The van der Waals surface area contributed by atoms with E-state index >= 15 is 0 Å². The number of piperidine rings is 1. The predicted molar refractivity (Wildman–Crippen MR) is 191 cm³/mol. The standard InChI is InChI=1S/C36H53N9O5/c1-23(2)20-29(32(48)42-28(14-17-41-35(38)39)34(50)45-18-15-36(40,16-19-45)24(3)46)44-33(49)30(22-26-12-8-5-9-13-26)43-31(47)27(37)21-25-10-6-4-7-11-25/h4-13,23,27-30H,14-22,37,40H2,1-3H3,(H,42,48)(H,43,47)(H,44,49)(H4,38,39,41)/t27-,28-,29-,30-/m1/s1. The van der Waals surface area contributed by atoms with Gasteiger partial charge in [0.1, 0.15) is 23.9 Å². The maximum absolute atomic E-state index is 13.9. The summed E-state index contributed by atoms with van der Waals surface area (Å²) in [7, 11) is 0. The predicted octanol–water partition coefficient (Wildman–Crippen LogP) is 0.0817. The molecule has 1 saturated heterocycles. The third kappa shape index (κ3) is 12.3. The Balaban J connectivity index is 1.78. The number of amides is 4. The summed E-state index contributed by atoms with van der Waals surface area (Å²) >= 11 is 0. The third-order valence-corrected chi connectivity index (χ3v) is 8.92. The van der Waals surface area contributed by atoms with Crippen LogP contribution in [0.1, 0.15) is 57.6 Å². The summed E-state index contributed by atoms with van der Waals surface area (Å²) in [5.41, 5.74) is 18.6. The van der Waals surface area contributed by atoms with Crippen LogP contribution < -0.4 is 38.5 Å². The molecular formula is C36H53N9O5. The van der Waals surface area contributed by atoms with Gasteiger partial charge in [-0.15, -0.1) is 0 Å². The molecule has 0 radical (unpaired) electrons. The summed E-state index contributed by atoms with van der Waals surface area (Å²) in [6.07, 6.45) is 1.36. The van der Waals surface area contributed by atoms with E-state index in [1.54, 1.807) is 4.90 Å². The Morgan fingerprint density at radius 1 is 0.800 bits per heavy atom. The lowest BCUT2D eigenvalue weighted by molar-refractivity contribution is -0.140. The normalized spacial score (nSPS) is 16.3. The second-order valence-corrected chi connectivity index (χ2v) is 13.5. The Labute approximate surface area is 294 Å². The average molecular weight is 692 g/mol. The molecule has 0 aliphatic carbocycles. The molecule has 3 rings (SSSR count). The molecule has 14 nitrogen and oxygen atoms in total. The summed E-state index contributed by atoms with van der Waals surface area (Å²) < 4.78 is 0. The molecule has 11 N–H and O–H groups in total. The molecule has 0 unspecified atom stereocenters. The first-order chi connectivity index (χ1) is 23.7. The van der Waals surface area contributed by atoms with Crippen molar-refractivity contribution in [1.29, 1.82) is 5.41 Å². The molecule has 4 atom stereocenters.